The average molecular weight is 423 g/mol. The molecular formula is C20H21N7O4. The smallest absolute Gasteiger partial charge is 0.307 e. The molecule has 0 N–H and O–H groups in total. The fraction of sp³-hybridized carbons (Fsp3) is 0.300. The van der Waals surface area contributed by atoms with Crippen molar-refractivity contribution in [2.45, 2.75) is 18.9 Å². The summed E-state index contributed by atoms with van der Waals surface area (Å²) in [6.45, 7) is 0. The first-order chi connectivity index (χ1) is 15.0. The number of hydrogen-bond acceptors (Lipinski definition) is 8. The summed E-state index contributed by atoms with van der Waals surface area (Å²) in [6.07, 6.45) is 10.4. The molecule has 11 heteroatoms. The van der Waals surface area contributed by atoms with Crippen LogP contribution >= 0.6 is 0 Å². The predicted octanol–water partition coefficient (Wildman–Crippen LogP) is 1.66. The molecule has 0 unspecified atom stereocenters. The summed E-state index contributed by atoms with van der Waals surface area (Å²) in [5, 5.41) is 8.58. The summed E-state index contributed by atoms with van der Waals surface area (Å²) in [5.74, 6) is -0.269. The van der Waals surface area contributed by atoms with Crippen LogP contribution in [0.2, 0.25) is 0 Å². The van der Waals surface area contributed by atoms with Crippen molar-refractivity contribution in [1.82, 2.24) is 33.9 Å². The minimum Gasteiger partial charge on any atom is -0.469 e. The second-order valence-corrected chi connectivity index (χ2v) is 6.95. The average Bonchev–Trinajstić information content (AvgIpc) is 3.52. The highest BCUT2D eigenvalue weighted by molar-refractivity contribution is 5.73. The van der Waals surface area contributed by atoms with Gasteiger partial charge in [0.1, 0.15) is 11.5 Å². The zero-order valence-corrected chi connectivity index (χ0v) is 17.3. The Bertz CT molecular complexity index is 1220. The minimum atomic E-state index is -0.548. The van der Waals surface area contributed by atoms with Gasteiger partial charge in [0.05, 0.1) is 56.8 Å². The maximum Gasteiger partial charge on any atom is 0.307 e. The van der Waals surface area contributed by atoms with Crippen LogP contribution in [0, 0.1) is 0 Å². The summed E-state index contributed by atoms with van der Waals surface area (Å²) in [4.78, 5) is 32.8. The number of ether oxygens (including phenoxy) is 2. The monoisotopic (exact) mass is 423 g/mol. The molecule has 0 aliphatic rings. The number of nitrogens with zero attached hydrogens (tertiary/aromatic N) is 7. The zero-order chi connectivity index (χ0) is 22.0. The highest BCUT2D eigenvalue weighted by atomic mass is 16.5. The molecule has 4 heterocycles. The molecule has 11 nitrogen and oxygen atoms in total. The number of aromatic nitrogens is 7. The summed E-state index contributed by atoms with van der Waals surface area (Å²) < 4.78 is 14.6. The van der Waals surface area contributed by atoms with E-state index in [4.69, 9.17) is 14.5 Å². The summed E-state index contributed by atoms with van der Waals surface area (Å²) >= 11 is 0. The number of esters is 2. The Balaban J connectivity index is 1.74. The molecule has 0 bridgehead atoms. The second kappa shape index (κ2) is 8.38. The van der Waals surface area contributed by atoms with Crippen LogP contribution in [0.5, 0.6) is 0 Å². The molecule has 0 amide bonds. The van der Waals surface area contributed by atoms with Crippen LogP contribution < -0.4 is 0 Å². The van der Waals surface area contributed by atoms with E-state index in [0.717, 1.165) is 16.9 Å². The van der Waals surface area contributed by atoms with E-state index >= 15 is 0 Å². The number of imidazole rings is 1. The highest BCUT2D eigenvalue weighted by Crippen LogP contribution is 2.26. The third-order valence-electron chi connectivity index (χ3n) is 4.88. The Morgan fingerprint density at radius 1 is 1.03 bits per heavy atom. The van der Waals surface area contributed by atoms with E-state index in [1.807, 2.05) is 29.9 Å². The van der Waals surface area contributed by atoms with Gasteiger partial charge < -0.3 is 9.47 Å². The van der Waals surface area contributed by atoms with Gasteiger partial charge in [-0.05, 0) is 0 Å². The molecule has 0 aliphatic carbocycles. The van der Waals surface area contributed by atoms with E-state index in [-0.39, 0.29) is 12.8 Å². The first-order valence-corrected chi connectivity index (χ1v) is 9.49. The SMILES string of the molecule is COC(=O)CC(CC(=O)OC)n1cc(-c2nc(-c3cnn(C)c3)cc3nccn23)cn1. The van der Waals surface area contributed by atoms with Crippen LogP contribution in [0.15, 0.2) is 43.2 Å². The van der Waals surface area contributed by atoms with Crippen LogP contribution in [0.4, 0.5) is 0 Å². The van der Waals surface area contributed by atoms with Crippen molar-refractivity contribution in [1.29, 1.82) is 0 Å². The lowest BCUT2D eigenvalue weighted by Gasteiger charge is -2.15. The fourth-order valence-corrected chi connectivity index (χ4v) is 3.29. The lowest BCUT2D eigenvalue weighted by Crippen LogP contribution is -2.19. The van der Waals surface area contributed by atoms with Crippen molar-refractivity contribution in [3.05, 3.63) is 43.2 Å². The lowest BCUT2D eigenvalue weighted by atomic mass is 10.1. The molecule has 0 aromatic carbocycles. The summed E-state index contributed by atoms with van der Waals surface area (Å²) in [7, 11) is 4.44. The number of carbonyl (C=O) groups excluding carboxylic acids is 2. The van der Waals surface area contributed by atoms with Crippen molar-refractivity contribution < 1.29 is 19.1 Å². The number of fused-ring (bicyclic) bond motifs is 1. The van der Waals surface area contributed by atoms with Crippen LogP contribution in [0.25, 0.3) is 28.3 Å². The Hall–Kier alpha value is -4.02. The van der Waals surface area contributed by atoms with Crippen LogP contribution in [0.3, 0.4) is 0 Å². The molecule has 0 saturated heterocycles. The van der Waals surface area contributed by atoms with Gasteiger partial charge in [0.25, 0.3) is 0 Å². The van der Waals surface area contributed by atoms with Gasteiger partial charge in [0.2, 0.25) is 0 Å². The second-order valence-electron chi connectivity index (χ2n) is 6.95. The maximum absolute atomic E-state index is 11.8. The minimum absolute atomic E-state index is 0.0175. The van der Waals surface area contributed by atoms with Gasteiger partial charge in [-0.2, -0.15) is 10.2 Å². The molecule has 4 aromatic heterocycles. The normalized spacial score (nSPS) is 11.2. The molecule has 0 fully saturated rings. The third-order valence-corrected chi connectivity index (χ3v) is 4.88. The Kier molecular flexibility index (Phi) is 5.48. The van der Waals surface area contributed by atoms with E-state index < -0.39 is 18.0 Å². The molecule has 160 valence electrons. The number of carbonyl (C=O) groups is 2. The number of rotatable bonds is 7. The van der Waals surface area contributed by atoms with Crippen molar-refractivity contribution in [3.8, 4) is 22.6 Å². The molecular weight excluding hydrogens is 402 g/mol. The standard InChI is InChI=1S/C20H21N7O4/c1-25-11-13(9-22-25)16-8-17-21-4-5-26(17)20(24-16)14-10-23-27(12-14)15(6-18(28)30-2)7-19(29)31-3/h4-5,8-12,15H,6-7H2,1-3H3. The molecule has 0 spiro atoms. The van der Waals surface area contributed by atoms with E-state index in [2.05, 4.69) is 15.2 Å². The predicted molar refractivity (Wildman–Crippen MR) is 109 cm³/mol. The van der Waals surface area contributed by atoms with Crippen LogP contribution in [0.1, 0.15) is 18.9 Å². The van der Waals surface area contributed by atoms with E-state index in [1.54, 1.807) is 34.2 Å². The highest BCUT2D eigenvalue weighted by Gasteiger charge is 2.22. The zero-order valence-electron chi connectivity index (χ0n) is 17.3. The summed E-state index contributed by atoms with van der Waals surface area (Å²) in [5.41, 5.74) is 3.00. The number of methoxy groups -OCH3 is 2. The van der Waals surface area contributed by atoms with Crippen LogP contribution in [-0.2, 0) is 26.1 Å². The number of hydrogen-bond donors (Lipinski definition) is 0. The van der Waals surface area contributed by atoms with Crippen molar-refractivity contribution in [2.75, 3.05) is 14.2 Å². The van der Waals surface area contributed by atoms with Gasteiger partial charge in [-0.1, -0.05) is 0 Å². The van der Waals surface area contributed by atoms with Gasteiger partial charge in [-0.15, -0.1) is 0 Å². The maximum atomic E-state index is 11.8. The molecule has 0 atom stereocenters. The lowest BCUT2D eigenvalue weighted by molar-refractivity contribution is -0.144. The fourth-order valence-electron chi connectivity index (χ4n) is 3.29. The third kappa shape index (κ3) is 4.15. The Labute approximate surface area is 177 Å². The molecule has 0 aliphatic heterocycles. The quantitative estimate of drug-likeness (QED) is 0.412. The van der Waals surface area contributed by atoms with Gasteiger partial charge in [0.15, 0.2) is 0 Å². The summed E-state index contributed by atoms with van der Waals surface area (Å²) in [6, 6.07) is 1.33. The van der Waals surface area contributed by atoms with Gasteiger partial charge in [-0.3, -0.25) is 23.4 Å². The first kappa shape index (κ1) is 20.3. The van der Waals surface area contributed by atoms with Gasteiger partial charge >= 0.3 is 11.9 Å². The van der Waals surface area contributed by atoms with E-state index in [9.17, 15) is 9.59 Å². The van der Waals surface area contributed by atoms with E-state index in [0.29, 0.717) is 11.4 Å². The largest absolute Gasteiger partial charge is 0.469 e. The molecule has 0 radical (unpaired) electrons. The molecule has 4 rings (SSSR count). The molecule has 31 heavy (non-hydrogen) atoms. The van der Waals surface area contributed by atoms with Crippen molar-refractivity contribution >= 4 is 17.6 Å². The Morgan fingerprint density at radius 2 is 1.74 bits per heavy atom. The van der Waals surface area contributed by atoms with Gasteiger partial charge in [0, 0.05) is 43.5 Å². The Morgan fingerprint density at radius 3 is 2.39 bits per heavy atom. The molecule has 0 saturated carbocycles. The first-order valence-electron chi connectivity index (χ1n) is 9.49. The topological polar surface area (TPSA) is 118 Å². The number of aryl methyl sites for hydroxylation is 1. The van der Waals surface area contributed by atoms with Crippen molar-refractivity contribution in [3.63, 3.8) is 0 Å². The molecule has 4 aromatic rings. The van der Waals surface area contributed by atoms with E-state index in [1.165, 1.54) is 14.2 Å². The van der Waals surface area contributed by atoms with Crippen molar-refractivity contribution in [2.24, 2.45) is 7.05 Å². The van der Waals surface area contributed by atoms with Gasteiger partial charge in [-0.25, -0.2) is 9.97 Å². The van der Waals surface area contributed by atoms with Crippen LogP contribution in [-0.4, -0.2) is 60.1 Å².